The summed E-state index contributed by atoms with van der Waals surface area (Å²) < 4.78 is 7.06. The quantitative estimate of drug-likeness (QED) is 0.192. The number of aromatic nitrogens is 4. The van der Waals surface area contributed by atoms with Crippen LogP contribution >= 0.6 is 24.0 Å². The number of fused-ring (bicyclic) bond motifs is 1. The van der Waals surface area contributed by atoms with Gasteiger partial charge >= 0.3 is 0 Å². The maximum absolute atomic E-state index is 5.11. The highest BCUT2D eigenvalue weighted by Crippen LogP contribution is 2.17. The Kier molecular flexibility index (Phi) is 8.71. The summed E-state index contributed by atoms with van der Waals surface area (Å²) in [6.45, 7) is 4.47. The maximum Gasteiger partial charge on any atom is 0.191 e. The first-order valence-corrected chi connectivity index (χ1v) is 9.10. The number of halogens is 1. The first-order valence-electron chi connectivity index (χ1n) is 9.10. The number of hydrogen-bond acceptors (Lipinski definition) is 4. The van der Waals surface area contributed by atoms with E-state index in [9.17, 15) is 0 Å². The van der Waals surface area contributed by atoms with Crippen LogP contribution in [-0.4, -0.2) is 52.5 Å². The zero-order valence-corrected chi connectivity index (χ0v) is 18.9. The second-order valence-corrected chi connectivity index (χ2v) is 6.34. The van der Waals surface area contributed by atoms with Crippen LogP contribution in [0.5, 0.6) is 0 Å². The number of nitrogens with one attached hydrogen (secondary N) is 3. The summed E-state index contributed by atoms with van der Waals surface area (Å²) in [5.74, 6) is 2.45. The Morgan fingerprint density at radius 2 is 2.00 bits per heavy atom. The molecule has 3 rings (SSSR count). The van der Waals surface area contributed by atoms with Crippen molar-refractivity contribution in [3.63, 3.8) is 0 Å². The summed E-state index contributed by atoms with van der Waals surface area (Å²) in [5.41, 5.74) is 2.45. The zero-order valence-electron chi connectivity index (χ0n) is 16.5. The topological polar surface area (TPSA) is 92.2 Å². The molecule has 152 valence electrons. The molecule has 0 saturated heterocycles. The van der Waals surface area contributed by atoms with Crippen molar-refractivity contribution < 1.29 is 4.74 Å². The van der Waals surface area contributed by atoms with Crippen molar-refractivity contribution in [3.8, 4) is 0 Å². The number of nitrogens with zero attached hydrogens (tertiary/aromatic N) is 4. The Labute approximate surface area is 182 Å². The molecule has 0 aliphatic heterocycles. The number of aromatic amines is 1. The molecule has 0 aliphatic carbocycles. The lowest BCUT2D eigenvalue weighted by Gasteiger charge is -2.12. The molecule has 0 amide bonds. The van der Waals surface area contributed by atoms with Crippen molar-refractivity contribution in [2.75, 3.05) is 26.8 Å². The summed E-state index contributed by atoms with van der Waals surface area (Å²) in [6.07, 6.45) is 2.97. The van der Waals surface area contributed by atoms with Crippen molar-refractivity contribution in [2.24, 2.45) is 12.0 Å². The molecule has 0 atom stereocenters. The SMILES string of the molecule is COCCNC(=NCc1nnc(C)n1C)NCCc1c[nH]c2ccccc12.I. The van der Waals surface area contributed by atoms with Crippen LogP contribution in [0.4, 0.5) is 0 Å². The molecule has 2 aromatic heterocycles. The van der Waals surface area contributed by atoms with Crippen molar-refractivity contribution in [1.29, 1.82) is 0 Å². The molecule has 0 radical (unpaired) electrons. The molecular weight excluding hydrogens is 469 g/mol. The average Bonchev–Trinajstić information content (AvgIpc) is 3.24. The van der Waals surface area contributed by atoms with E-state index in [-0.39, 0.29) is 24.0 Å². The van der Waals surface area contributed by atoms with Crippen LogP contribution in [0.3, 0.4) is 0 Å². The number of rotatable bonds is 8. The second-order valence-electron chi connectivity index (χ2n) is 6.34. The predicted molar refractivity (Wildman–Crippen MR) is 122 cm³/mol. The van der Waals surface area contributed by atoms with Crippen LogP contribution in [0.25, 0.3) is 10.9 Å². The molecule has 0 fully saturated rings. The fourth-order valence-electron chi connectivity index (χ4n) is 2.84. The molecule has 3 N–H and O–H groups in total. The summed E-state index contributed by atoms with van der Waals surface area (Å²) in [7, 11) is 3.63. The molecule has 28 heavy (non-hydrogen) atoms. The van der Waals surface area contributed by atoms with E-state index >= 15 is 0 Å². The number of methoxy groups -OCH3 is 1. The summed E-state index contributed by atoms with van der Waals surface area (Å²) in [4.78, 5) is 7.94. The van der Waals surface area contributed by atoms with Crippen molar-refractivity contribution in [2.45, 2.75) is 19.9 Å². The lowest BCUT2D eigenvalue weighted by molar-refractivity contribution is 0.203. The van der Waals surface area contributed by atoms with Gasteiger partial charge in [0, 0.05) is 44.3 Å². The minimum absolute atomic E-state index is 0. The molecule has 0 aliphatic rings. The number of aryl methyl sites for hydroxylation is 1. The van der Waals surface area contributed by atoms with Gasteiger partial charge in [-0.2, -0.15) is 0 Å². The van der Waals surface area contributed by atoms with E-state index in [1.807, 2.05) is 24.6 Å². The average molecular weight is 497 g/mol. The zero-order chi connectivity index (χ0) is 19.1. The maximum atomic E-state index is 5.11. The molecule has 2 heterocycles. The number of ether oxygens (including phenoxy) is 1. The molecule has 0 spiro atoms. The van der Waals surface area contributed by atoms with Gasteiger partial charge in [0.05, 0.1) is 6.61 Å². The number of benzene rings is 1. The third-order valence-corrected chi connectivity index (χ3v) is 4.52. The van der Waals surface area contributed by atoms with Crippen LogP contribution in [-0.2, 0) is 24.8 Å². The summed E-state index contributed by atoms with van der Waals surface area (Å²) in [5, 5.41) is 16.2. The standard InChI is InChI=1S/C19H27N7O.HI/c1-14-24-25-18(26(14)2)13-23-19(21-10-11-27-3)20-9-8-15-12-22-17-7-5-4-6-16(15)17;/h4-7,12,22H,8-11,13H2,1-3H3,(H2,20,21,23);1H. The van der Waals surface area contributed by atoms with Crippen LogP contribution < -0.4 is 10.6 Å². The molecule has 3 aromatic rings. The molecule has 8 nitrogen and oxygen atoms in total. The van der Waals surface area contributed by atoms with Gasteiger partial charge in [-0.05, 0) is 25.0 Å². The van der Waals surface area contributed by atoms with Gasteiger partial charge in [-0.3, -0.25) is 0 Å². The lowest BCUT2D eigenvalue weighted by Crippen LogP contribution is -2.40. The van der Waals surface area contributed by atoms with E-state index in [0.717, 1.165) is 36.1 Å². The van der Waals surface area contributed by atoms with Gasteiger partial charge < -0.3 is 24.9 Å². The van der Waals surface area contributed by atoms with Crippen molar-refractivity contribution in [3.05, 3.63) is 47.7 Å². The van der Waals surface area contributed by atoms with Gasteiger partial charge in [0.1, 0.15) is 12.4 Å². The summed E-state index contributed by atoms with van der Waals surface area (Å²) >= 11 is 0. The van der Waals surface area contributed by atoms with E-state index in [0.29, 0.717) is 19.7 Å². The Hall–Kier alpha value is -2.14. The van der Waals surface area contributed by atoms with Crippen LogP contribution in [0.15, 0.2) is 35.5 Å². The monoisotopic (exact) mass is 497 g/mol. The van der Waals surface area contributed by atoms with Crippen molar-refractivity contribution in [1.82, 2.24) is 30.4 Å². The highest BCUT2D eigenvalue weighted by molar-refractivity contribution is 14.0. The van der Waals surface area contributed by atoms with E-state index < -0.39 is 0 Å². The van der Waals surface area contributed by atoms with E-state index in [2.05, 4.69) is 55.2 Å². The van der Waals surface area contributed by atoms with Gasteiger partial charge in [-0.15, -0.1) is 34.2 Å². The van der Waals surface area contributed by atoms with Gasteiger partial charge in [-0.25, -0.2) is 4.99 Å². The molecule has 1 aromatic carbocycles. The number of aliphatic imine (C=N–C) groups is 1. The Bertz CT molecular complexity index is 903. The molecule has 0 unspecified atom stereocenters. The van der Waals surface area contributed by atoms with E-state index in [4.69, 9.17) is 4.74 Å². The predicted octanol–water partition coefficient (Wildman–Crippen LogP) is 2.15. The fourth-order valence-corrected chi connectivity index (χ4v) is 2.84. The number of H-pyrrole nitrogens is 1. The lowest BCUT2D eigenvalue weighted by atomic mass is 10.1. The Balaban J connectivity index is 0.00000280. The van der Waals surface area contributed by atoms with Gasteiger partial charge in [0.15, 0.2) is 11.8 Å². The number of hydrogen-bond donors (Lipinski definition) is 3. The molecular formula is C19H28IN7O. The fraction of sp³-hybridized carbons (Fsp3) is 0.421. The third-order valence-electron chi connectivity index (χ3n) is 4.52. The van der Waals surface area contributed by atoms with Gasteiger partial charge in [0.2, 0.25) is 0 Å². The van der Waals surface area contributed by atoms with Crippen molar-refractivity contribution >= 4 is 40.8 Å². The minimum Gasteiger partial charge on any atom is -0.383 e. The first-order chi connectivity index (χ1) is 13.2. The molecule has 0 saturated carbocycles. The first kappa shape index (κ1) is 22.2. The minimum atomic E-state index is 0. The number of guanidine groups is 1. The highest BCUT2D eigenvalue weighted by atomic mass is 127. The molecule has 0 bridgehead atoms. The van der Waals surface area contributed by atoms with Gasteiger partial charge in [0.25, 0.3) is 0 Å². The van der Waals surface area contributed by atoms with E-state index in [1.165, 1.54) is 10.9 Å². The number of para-hydroxylation sites is 1. The van der Waals surface area contributed by atoms with Crippen LogP contribution in [0, 0.1) is 6.92 Å². The second kappa shape index (κ2) is 11.0. The Morgan fingerprint density at radius 3 is 2.75 bits per heavy atom. The van der Waals surface area contributed by atoms with E-state index in [1.54, 1.807) is 7.11 Å². The highest BCUT2D eigenvalue weighted by Gasteiger charge is 2.06. The smallest absolute Gasteiger partial charge is 0.191 e. The van der Waals surface area contributed by atoms with Crippen LogP contribution in [0.2, 0.25) is 0 Å². The van der Waals surface area contributed by atoms with Gasteiger partial charge in [-0.1, -0.05) is 18.2 Å². The largest absolute Gasteiger partial charge is 0.383 e. The molecule has 9 heteroatoms. The summed E-state index contributed by atoms with van der Waals surface area (Å²) in [6, 6.07) is 8.34. The van der Waals surface area contributed by atoms with Crippen LogP contribution in [0.1, 0.15) is 17.2 Å². The Morgan fingerprint density at radius 1 is 1.21 bits per heavy atom. The normalized spacial score (nSPS) is 11.5. The third kappa shape index (κ3) is 5.68.